The minimum Gasteiger partial charge on any atom is -0.465 e. The highest BCUT2D eigenvalue weighted by Crippen LogP contribution is 2.31. The molecule has 0 aliphatic rings. The maximum Gasteiger partial charge on any atom is 0.319 e. The van der Waals surface area contributed by atoms with Gasteiger partial charge >= 0.3 is 5.97 Å². The second-order valence-electron chi connectivity index (χ2n) is 3.50. The molecule has 0 aromatic carbocycles. The highest BCUT2D eigenvalue weighted by molar-refractivity contribution is 9.09. The highest BCUT2D eigenvalue weighted by Gasteiger charge is 2.42. The zero-order valence-corrected chi connectivity index (χ0v) is 11.2. The van der Waals surface area contributed by atoms with E-state index < -0.39 is 5.41 Å². The monoisotopic (exact) mass is 278 g/mol. The molecule has 0 aromatic heterocycles. The minimum absolute atomic E-state index is 0.0931. The Morgan fingerprint density at radius 2 is 1.93 bits per heavy atom. The molecular weight excluding hydrogens is 260 g/mol. The first-order valence-electron chi connectivity index (χ1n) is 5.29. The largest absolute Gasteiger partial charge is 0.465 e. The Morgan fingerprint density at radius 1 is 1.33 bits per heavy atom. The van der Waals surface area contributed by atoms with Crippen LogP contribution < -0.4 is 0 Å². The molecule has 0 saturated carbocycles. The number of alkyl halides is 1. The summed E-state index contributed by atoms with van der Waals surface area (Å²) in [5.74, 6) is -0.467. The average Bonchev–Trinajstić information content (AvgIpc) is 2.19. The van der Waals surface area contributed by atoms with Crippen LogP contribution >= 0.6 is 15.9 Å². The molecule has 0 aromatic rings. The van der Waals surface area contributed by atoms with Gasteiger partial charge in [-0.15, -0.1) is 0 Å². The molecule has 0 rings (SSSR count). The smallest absolute Gasteiger partial charge is 0.319 e. The molecule has 0 amide bonds. The summed E-state index contributed by atoms with van der Waals surface area (Å²) in [5, 5.41) is 0.793. The highest BCUT2D eigenvalue weighted by atomic mass is 79.9. The van der Waals surface area contributed by atoms with Crippen molar-refractivity contribution in [3.63, 3.8) is 0 Å². The first kappa shape index (κ1) is 14.6. The van der Waals surface area contributed by atoms with Gasteiger partial charge in [0.15, 0.2) is 0 Å². The summed E-state index contributed by atoms with van der Waals surface area (Å²) >= 11 is 3.31. The molecule has 0 spiro atoms. The molecule has 0 aliphatic heterocycles. The first-order valence-corrected chi connectivity index (χ1v) is 6.41. The van der Waals surface area contributed by atoms with Gasteiger partial charge in [-0.1, -0.05) is 22.9 Å². The van der Waals surface area contributed by atoms with E-state index in [4.69, 9.17) is 4.74 Å². The summed E-state index contributed by atoms with van der Waals surface area (Å²) < 4.78 is 4.98. The molecule has 0 fully saturated rings. The predicted octanol–water partition coefficient (Wildman–Crippen LogP) is 2.71. The van der Waals surface area contributed by atoms with Crippen LogP contribution in [0.25, 0.3) is 0 Å². The lowest BCUT2D eigenvalue weighted by atomic mass is 9.77. The van der Waals surface area contributed by atoms with E-state index in [0.29, 0.717) is 19.4 Å². The van der Waals surface area contributed by atoms with E-state index in [1.807, 2.05) is 6.92 Å². The van der Waals surface area contributed by atoms with E-state index in [-0.39, 0.29) is 11.8 Å². The lowest BCUT2D eigenvalue weighted by Gasteiger charge is -2.27. The molecule has 0 N–H and O–H groups in total. The van der Waals surface area contributed by atoms with Crippen LogP contribution in [-0.2, 0) is 14.3 Å². The molecule has 3 nitrogen and oxygen atoms in total. The van der Waals surface area contributed by atoms with E-state index in [0.717, 1.165) is 11.8 Å². The number of hydrogen-bond donors (Lipinski definition) is 0. The SMILES string of the molecule is CCOC(=O)C(CC)(CCCBr)C(C)=O. The number of rotatable bonds is 7. The van der Waals surface area contributed by atoms with Gasteiger partial charge in [0.05, 0.1) is 6.61 Å². The summed E-state index contributed by atoms with van der Waals surface area (Å²) in [5.41, 5.74) is -0.927. The number of hydrogen-bond acceptors (Lipinski definition) is 3. The summed E-state index contributed by atoms with van der Waals surface area (Å²) in [4.78, 5) is 23.4. The van der Waals surface area contributed by atoms with Crippen LogP contribution in [0.15, 0.2) is 0 Å². The van der Waals surface area contributed by atoms with Gasteiger partial charge in [0.25, 0.3) is 0 Å². The normalized spacial score (nSPS) is 14.4. The van der Waals surface area contributed by atoms with Crippen molar-refractivity contribution in [2.45, 2.75) is 40.0 Å². The van der Waals surface area contributed by atoms with Crippen molar-refractivity contribution < 1.29 is 14.3 Å². The van der Waals surface area contributed by atoms with Crippen molar-refractivity contribution in [1.29, 1.82) is 0 Å². The van der Waals surface area contributed by atoms with Crippen molar-refractivity contribution in [3.8, 4) is 0 Å². The summed E-state index contributed by atoms with van der Waals surface area (Å²) in [6.45, 7) is 5.40. The van der Waals surface area contributed by atoms with Gasteiger partial charge in [0.2, 0.25) is 0 Å². The van der Waals surface area contributed by atoms with Crippen molar-refractivity contribution in [1.82, 2.24) is 0 Å². The van der Waals surface area contributed by atoms with Gasteiger partial charge in [-0.3, -0.25) is 9.59 Å². The Morgan fingerprint density at radius 3 is 2.27 bits per heavy atom. The Hall–Kier alpha value is -0.380. The number of ketones is 1. The van der Waals surface area contributed by atoms with Crippen LogP contribution in [0.4, 0.5) is 0 Å². The van der Waals surface area contributed by atoms with E-state index >= 15 is 0 Å². The molecule has 0 radical (unpaired) electrons. The number of esters is 1. The fraction of sp³-hybridized carbons (Fsp3) is 0.818. The van der Waals surface area contributed by atoms with Crippen molar-refractivity contribution >= 4 is 27.7 Å². The molecule has 0 aliphatic carbocycles. The second kappa shape index (κ2) is 6.99. The average molecular weight is 279 g/mol. The zero-order chi connectivity index (χ0) is 11.9. The van der Waals surface area contributed by atoms with E-state index in [2.05, 4.69) is 15.9 Å². The first-order chi connectivity index (χ1) is 7.05. The summed E-state index contributed by atoms with van der Waals surface area (Å²) in [6, 6.07) is 0. The third-order valence-electron chi connectivity index (χ3n) is 2.68. The van der Waals surface area contributed by atoms with E-state index in [1.165, 1.54) is 6.92 Å². The quantitative estimate of drug-likeness (QED) is 0.409. The minimum atomic E-state index is -0.927. The van der Waals surface area contributed by atoms with E-state index in [1.54, 1.807) is 6.92 Å². The third-order valence-corrected chi connectivity index (χ3v) is 3.24. The predicted molar refractivity (Wildman–Crippen MR) is 63.1 cm³/mol. The third kappa shape index (κ3) is 3.59. The van der Waals surface area contributed by atoms with Crippen LogP contribution in [0, 0.1) is 5.41 Å². The van der Waals surface area contributed by atoms with Crippen LogP contribution in [0.2, 0.25) is 0 Å². The van der Waals surface area contributed by atoms with Crippen molar-refractivity contribution in [2.24, 2.45) is 5.41 Å². The van der Waals surface area contributed by atoms with Gasteiger partial charge in [-0.05, 0) is 33.1 Å². The van der Waals surface area contributed by atoms with Gasteiger partial charge in [0.1, 0.15) is 11.2 Å². The molecule has 88 valence electrons. The van der Waals surface area contributed by atoms with Gasteiger partial charge in [-0.2, -0.15) is 0 Å². The Bertz CT molecular complexity index is 228. The van der Waals surface area contributed by atoms with Crippen LogP contribution in [0.1, 0.15) is 40.0 Å². The second-order valence-corrected chi connectivity index (χ2v) is 4.30. The summed E-state index contributed by atoms with van der Waals surface area (Å²) in [7, 11) is 0. The van der Waals surface area contributed by atoms with E-state index in [9.17, 15) is 9.59 Å². The maximum absolute atomic E-state index is 11.8. The number of halogens is 1. The van der Waals surface area contributed by atoms with Crippen LogP contribution in [0.3, 0.4) is 0 Å². The molecule has 1 unspecified atom stereocenters. The molecular formula is C11H19BrO3. The van der Waals surface area contributed by atoms with Gasteiger partial charge < -0.3 is 4.74 Å². The number of ether oxygens (including phenoxy) is 1. The molecule has 0 heterocycles. The standard InChI is InChI=1S/C11H19BrO3/c1-4-11(9(3)13,7-6-8-12)10(14)15-5-2/h4-8H2,1-3H3. The van der Waals surface area contributed by atoms with Crippen molar-refractivity contribution in [3.05, 3.63) is 0 Å². The van der Waals surface area contributed by atoms with Crippen LogP contribution in [0.5, 0.6) is 0 Å². The Kier molecular flexibility index (Phi) is 6.81. The Labute approximate surface area is 99.7 Å². The molecule has 0 saturated heterocycles. The fourth-order valence-corrected chi connectivity index (χ4v) is 1.91. The topological polar surface area (TPSA) is 43.4 Å². The molecule has 0 bridgehead atoms. The van der Waals surface area contributed by atoms with Crippen LogP contribution in [-0.4, -0.2) is 23.7 Å². The lowest BCUT2D eigenvalue weighted by molar-refractivity contribution is -0.160. The molecule has 1 atom stereocenters. The molecule has 4 heteroatoms. The lowest BCUT2D eigenvalue weighted by Crippen LogP contribution is -2.39. The maximum atomic E-state index is 11.8. The Balaban J connectivity index is 4.79. The number of carbonyl (C=O) groups is 2. The zero-order valence-electron chi connectivity index (χ0n) is 9.64. The number of Topliss-reactive ketones (excluding diaryl/α,β-unsaturated/α-hetero) is 1. The van der Waals surface area contributed by atoms with Gasteiger partial charge in [0, 0.05) is 5.33 Å². The summed E-state index contributed by atoms with van der Waals surface area (Å²) in [6.07, 6.45) is 1.86. The van der Waals surface area contributed by atoms with Gasteiger partial charge in [-0.25, -0.2) is 0 Å². The fourth-order valence-electron chi connectivity index (χ4n) is 1.63. The van der Waals surface area contributed by atoms with Crippen molar-refractivity contribution in [2.75, 3.05) is 11.9 Å². The molecule has 15 heavy (non-hydrogen) atoms. The number of carbonyl (C=O) groups excluding carboxylic acids is 2.